The Labute approximate surface area is 158 Å². The summed E-state index contributed by atoms with van der Waals surface area (Å²) in [4.78, 5) is 25.0. The van der Waals surface area contributed by atoms with Crippen LogP contribution in [-0.2, 0) is 4.79 Å². The topological polar surface area (TPSA) is 58.1 Å². The first-order chi connectivity index (χ1) is 12.7. The molecule has 5 nitrogen and oxygen atoms in total. The molecule has 2 fully saturated rings. The van der Waals surface area contributed by atoms with Gasteiger partial charge in [0.15, 0.2) is 5.82 Å². The van der Waals surface area contributed by atoms with Gasteiger partial charge in [-0.15, -0.1) is 0 Å². The van der Waals surface area contributed by atoms with Crippen molar-refractivity contribution in [3.05, 3.63) is 42.2 Å². The predicted molar refractivity (Wildman–Crippen MR) is 103 cm³/mol. The maximum Gasteiger partial charge on any atom is 0.225 e. The molecule has 1 saturated carbocycles. The molecule has 1 aromatic carbocycles. The summed E-state index contributed by atoms with van der Waals surface area (Å²) in [7, 11) is 0. The Balaban J connectivity index is 1.49. The Kier molecular flexibility index (Phi) is 5.11. The molecule has 2 aliphatic rings. The van der Waals surface area contributed by atoms with Gasteiger partial charge in [-0.2, -0.15) is 0 Å². The van der Waals surface area contributed by atoms with Crippen molar-refractivity contribution < 1.29 is 4.79 Å². The first-order valence-corrected chi connectivity index (χ1v) is 10.1. The number of nitrogens with zero attached hydrogens (tertiary/aromatic N) is 3. The van der Waals surface area contributed by atoms with E-state index in [-0.39, 0.29) is 11.8 Å². The number of nitrogens with one attached hydrogen (secondary N) is 1. The zero-order valence-corrected chi connectivity index (χ0v) is 15.8. The molecule has 2 aromatic rings. The van der Waals surface area contributed by atoms with Gasteiger partial charge in [-0.25, -0.2) is 9.97 Å². The Morgan fingerprint density at radius 3 is 2.69 bits per heavy atom. The molecule has 2 heterocycles. The third-order valence-electron chi connectivity index (χ3n) is 4.90. The van der Waals surface area contributed by atoms with Gasteiger partial charge in [0.25, 0.3) is 0 Å². The zero-order chi connectivity index (χ0) is 17.9. The van der Waals surface area contributed by atoms with Crippen LogP contribution in [0.5, 0.6) is 0 Å². The van der Waals surface area contributed by atoms with Crippen LogP contribution in [0.4, 0.5) is 5.82 Å². The fraction of sp³-hybridized carbons (Fsp3) is 0.450. The van der Waals surface area contributed by atoms with Crippen LogP contribution in [0.2, 0.25) is 0 Å². The molecule has 0 spiro atoms. The highest BCUT2D eigenvalue weighted by Crippen LogP contribution is 2.34. The maximum atomic E-state index is 12.5. The van der Waals surface area contributed by atoms with Crippen molar-refractivity contribution in [3.63, 3.8) is 0 Å². The van der Waals surface area contributed by atoms with Gasteiger partial charge in [0.05, 0.1) is 5.92 Å². The molecule has 1 N–H and O–H groups in total. The summed E-state index contributed by atoms with van der Waals surface area (Å²) < 4.78 is 0. The van der Waals surface area contributed by atoms with Crippen molar-refractivity contribution >= 4 is 23.5 Å². The average molecular weight is 369 g/mol. The Morgan fingerprint density at radius 2 is 1.92 bits per heavy atom. The van der Waals surface area contributed by atoms with Crippen molar-refractivity contribution in [2.24, 2.45) is 5.92 Å². The maximum absolute atomic E-state index is 12.5. The van der Waals surface area contributed by atoms with Gasteiger partial charge in [-0.3, -0.25) is 4.79 Å². The number of anilines is 1. The molecule has 0 bridgehead atoms. The van der Waals surface area contributed by atoms with Crippen molar-refractivity contribution in [2.75, 3.05) is 18.0 Å². The molecular formula is C20H24N4OS. The van der Waals surface area contributed by atoms with Crippen molar-refractivity contribution in [1.29, 1.82) is 0 Å². The third-order valence-corrected chi connectivity index (χ3v) is 5.89. The second-order valence-corrected chi connectivity index (χ2v) is 8.23. The van der Waals surface area contributed by atoms with E-state index in [1.54, 1.807) is 24.2 Å². The molecule has 1 unspecified atom stereocenters. The molecule has 26 heavy (non-hydrogen) atoms. The van der Waals surface area contributed by atoms with E-state index in [1.807, 2.05) is 0 Å². The van der Waals surface area contributed by atoms with E-state index >= 15 is 0 Å². The average Bonchev–Trinajstić information content (AvgIpc) is 3.48. The number of aromatic nitrogens is 2. The molecule has 6 heteroatoms. The molecule has 4 rings (SSSR count). The van der Waals surface area contributed by atoms with E-state index in [0.29, 0.717) is 6.04 Å². The van der Waals surface area contributed by atoms with E-state index in [1.165, 1.54) is 5.56 Å². The largest absolute Gasteiger partial charge is 0.354 e. The van der Waals surface area contributed by atoms with Crippen LogP contribution in [0.15, 0.2) is 46.6 Å². The van der Waals surface area contributed by atoms with Crippen LogP contribution in [0.1, 0.15) is 31.2 Å². The molecule has 1 aliphatic carbocycles. The number of rotatable bonds is 5. The fourth-order valence-corrected chi connectivity index (χ4v) is 4.14. The summed E-state index contributed by atoms with van der Waals surface area (Å²) >= 11 is 1.63. The normalized spacial score (nSPS) is 20.0. The smallest absolute Gasteiger partial charge is 0.225 e. The minimum Gasteiger partial charge on any atom is -0.354 e. The van der Waals surface area contributed by atoms with E-state index in [4.69, 9.17) is 0 Å². The summed E-state index contributed by atoms with van der Waals surface area (Å²) in [5.41, 5.74) is 1.24. The molecular weight excluding hydrogens is 344 g/mol. The molecule has 1 amide bonds. The van der Waals surface area contributed by atoms with Gasteiger partial charge in [0, 0.05) is 36.4 Å². The van der Waals surface area contributed by atoms with Crippen LogP contribution in [-0.4, -0.2) is 35.0 Å². The van der Waals surface area contributed by atoms with Crippen molar-refractivity contribution in [3.8, 4) is 0 Å². The first kappa shape index (κ1) is 17.3. The number of carbonyl (C=O) groups excluding carboxylic acids is 1. The third kappa shape index (κ3) is 4.18. The van der Waals surface area contributed by atoms with Gasteiger partial charge in [-0.05, 0) is 44.7 Å². The summed E-state index contributed by atoms with van der Waals surface area (Å²) in [6.45, 7) is 3.73. The fourth-order valence-electron chi connectivity index (χ4n) is 3.25. The molecule has 136 valence electrons. The highest BCUT2D eigenvalue weighted by molar-refractivity contribution is 7.99. The monoisotopic (exact) mass is 368 g/mol. The van der Waals surface area contributed by atoms with Gasteiger partial charge in [0.2, 0.25) is 5.91 Å². The first-order valence-electron chi connectivity index (χ1n) is 9.30. The van der Waals surface area contributed by atoms with E-state index in [2.05, 4.69) is 51.4 Å². The van der Waals surface area contributed by atoms with Crippen LogP contribution in [0, 0.1) is 12.8 Å². The van der Waals surface area contributed by atoms with Gasteiger partial charge in [0.1, 0.15) is 5.03 Å². The summed E-state index contributed by atoms with van der Waals surface area (Å²) in [6, 6.07) is 8.86. The van der Waals surface area contributed by atoms with Crippen LogP contribution in [0.25, 0.3) is 0 Å². The Bertz CT molecular complexity index is 776. The Hall–Kier alpha value is -2.08. The number of benzene rings is 1. The second kappa shape index (κ2) is 7.66. The van der Waals surface area contributed by atoms with Gasteiger partial charge < -0.3 is 10.2 Å². The standard InChI is InChI=1S/C20H24N4OS/c1-14-4-8-17(9-5-14)26-20-18(21-10-11-22-20)24-12-2-3-15(13-24)19(25)23-16-6-7-16/h4-5,8-11,15-16H,2-3,6-7,12-13H2,1H3,(H,23,25). The number of amides is 1. The van der Waals surface area contributed by atoms with E-state index in [0.717, 1.165) is 54.5 Å². The lowest BCUT2D eigenvalue weighted by atomic mass is 9.97. The van der Waals surface area contributed by atoms with E-state index < -0.39 is 0 Å². The number of hydrogen-bond donors (Lipinski definition) is 1. The summed E-state index contributed by atoms with van der Waals surface area (Å²) in [6.07, 6.45) is 7.70. The lowest BCUT2D eigenvalue weighted by Crippen LogP contribution is -2.44. The molecule has 1 aromatic heterocycles. The predicted octanol–water partition coefficient (Wildman–Crippen LogP) is 3.43. The number of hydrogen-bond acceptors (Lipinski definition) is 5. The highest BCUT2D eigenvalue weighted by Gasteiger charge is 2.31. The molecule has 0 radical (unpaired) electrons. The number of piperidine rings is 1. The molecule has 1 aliphatic heterocycles. The SMILES string of the molecule is Cc1ccc(Sc2nccnc2N2CCCC(C(=O)NC3CC3)C2)cc1. The molecule has 1 atom stereocenters. The number of carbonyl (C=O) groups is 1. The van der Waals surface area contributed by atoms with Gasteiger partial charge in [-0.1, -0.05) is 29.5 Å². The van der Waals surface area contributed by atoms with Crippen LogP contribution in [0.3, 0.4) is 0 Å². The second-order valence-electron chi connectivity index (χ2n) is 7.17. The van der Waals surface area contributed by atoms with Crippen molar-refractivity contribution in [2.45, 2.75) is 48.6 Å². The Morgan fingerprint density at radius 1 is 1.15 bits per heavy atom. The lowest BCUT2D eigenvalue weighted by molar-refractivity contribution is -0.125. The summed E-state index contributed by atoms with van der Waals surface area (Å²) in [5.74, 6) is 1.14. The summed E-state index contributed by atoms with van der Waals surface area (Å²) in [5, 5.41) is 4.05. The van der Waals surface area contributed by atoms with Crippen LogP contribution >= 0.6 is 11.8 Å². The van der Waals surface area contributed by atoms with Gasteiger partial charge >= 0.3 is 0 Å². The quantitative estimate of drug-likeness (QED) is 0.876. The minimum absolute atomic E-state index is 0.0450. The van der Waals surface area contributed by atoms with Crippen LogP contribution < -0.4 is 10.2 Å². The lowest BCUT2D eigenvalue weighted by Gasteiger charge is -2.33. The number of aryl methyl sites for hydroxylation is 1. The van der Waals surface area contributed by atoms with E-state index in [9.17, 15) is 4.79 Å². The van der Waals surface area contributed by atoms with Crippen molar-refractivity contribution in [1.82, 2.24) is 15.3 Å². The highest BCUT2D eigenvalue weighted by atomic mass is 32.2. The molecule has 1 saturated heterocycles. The minimum atomic E-state index is 0.0450. The zero-order valence-electron chi connectivity index (χ0n) is 15.0.